The summed E-state index contributed by atoms with van der Waals surface area (Å²) in [6.45, 7) is 8.16. The number of carbonyl (C=O) groups excluding carboxylic acids is 19. The number of carboxylic acid groups (broad SMARTS) is 7. The fourth-order valence-corrected chi connectivity index (χ4v) is 17.8. The second kappa shape index (κ2) is 56.9. The van der Waals surface area contributed by atoms with Gasteiger partial charge in [-0.3, -0.25) is 120 Å². The van der Waals surface area contributed by atoms with E-state index in [9.17, 15) is 166 Å². The molecule has 6 aliphatic rings. The molecule has 0 aromatic carbocycles. The first-order valence-electron chi connectivity index (χ1n) is 48.3. The number of unbranched alkanes of at least 4 members (excludes halogenated alkanes) is 1. The first-order chi connectivity index (χ1) is 68.2. The van der Waals surface area contributed by atoms with E-state index in [1.807, 2.05) is 0 Å². The predicted molar refractivity (Wildman–Crippen MR) is 495 cm³/mol. The lowest BCUT2D eigenvalue weighted by Crippen LogP contribution is -2.61. The van der Waals surface area contributed by atoms with E-state index >= 15 is 0 Å². The summed E-state index contributed by atoms with van der Waals surface area (Å²) in [5.41, 5.74) is 11.6. The third-order valence-electron chi connectivity index (χ3n) is 25.8. The number of carbonyl (C=O) groups is 26. The minimum Gasteiger partial charge on any atom is -0.481 e. The molecule has 808 valence electrons. The molecule has 6 fully saturated rings. The molecule has 6 heterocycles. The van der Waals surface area contributed by atoms with Crippen molar-refractivity contribution < 1.29 is 171 Å². The van der Waals surface area contributed by atoms with E-state index in [0.717, 1.165) is 43.2 Å². The number of nitrogens with zero attached hydrogens (tertiary/aromatic N) is 6. The SMILES string of the molecule is C[C@H](NC(=O)[C@@H](NC(=O)[C@@H]1CCCN1C(=O)[C@H](CCC(=O)O)NC(=O)[C@H](CCC(=O)O)NC(=O)[C@H](CCCCN)NC(=O)[C@H](CCC(=O)O)NC(=O)[C@@H]1CCCN1C(=O)[C@@H](N)[C@@H](C)O)[C@@H](C)O)C(=O)N[C@@H](C)C(=O)N1CCC[C@H]1C(=O)N[C@@H](C)C(=O)N[C@@H](CCC(=O)O)C(=O)N1CCC[C@H]1C(=O)N[C@@H](CCC(=O)O)C(=O)N[C@@H](C)C(=O)N1CCC[C@H]1C(=O)N[C@@H](C)C(=O)N1CCC[C@H]1C(=O)N[C@@H](CCC(=O)O)C(=O)O. The normalized spacial score (nSPS) is 20.8. The molecule has 0 aromatic heterocycles. The topological polar surface area (TPSA) is 854 Å². The monoisotopic (exact) mass is 2060 g/mol. The van der Waals surface area contributed by atoms with E-state index in [2.05, 4.69) is 69.1 Å². The Labute approximate surface area is 832 Å². The number of nitrogens with one attached hydrogen (secondary N) is 13. The van der Waals surface area contributed by atoms with Crippen molar-refractivity contribution in [2.45, 2.75) is 355 Å². The van der Waals surface area contributed by atoms with Gasteiger partial charge in [0.1, 0.15) is 121 Å². The first kappa shape index (κ1) is 120. The van der Waals surface area contributed by atoms with Crippen LogP contribution in [0.15, 0.2) is 0 Å². The number of nitrogens with two attached hydrogens (primary N) is 2. The standard InChI is InChI=1S/C89H137N21O35/c1-42(93-82(137)69(48(7)112)104-81(136)61-22-14-40-109(61)87(142)54(27-33-66(121)122)102-75(130)51(24-30-63(115)116)98-73(128)49(16-8-9-35-90)97-74(129)52(25-31-64(117)118)100-79(134)60-21-15-41-110(60)88(143)68(91)47(6)111)70(125)94-44(3)83(138)105-36-10-17-56(105)76(131)92-43(2)71(126)101-53(26-32-65(119)120)86(141)108-39-13-20-59(108)78(133)99-50(23-29-62(113)114)72(127)95-45(4)84(139)106-37-11-18-57(106)77(132)96-46(5)85(140)107-38-12-19-58(107)80(135)103-55(89(144)145)28-34-67(123)124/h42-61,68-69,111-112H,8-41,90-91H2,1-7H3,(H,92,131)(H,93,137)(H,94,125)(H,95,127)(H,96,132)(H,97,129)(H,98,128)(H,99,133)(H,100,134)(H,101,126)(H,102,130)(H,103,135)(H,104,136)(H,113,114)(H,115,116)(H,117,118)(H,119,120)(H,121,122)(H,123,124)(H,144,145)/t42-,43-,44-,45-,46-,47+,48+,49-,50-,51-,52-,53-,54-,55-,56-,57-,58-,59-,60-,61-,68-,69-/m0/s1. The molecule has 19 amide bonds. The van der Waals surface area contributed by atoms with Crippen LogP contribution in [0.5, 0.6) is 0 Å². The van der Waals surface area contributed by atoms with Crippen LogP contribution in [0, 0.1) is 0 Å². The van der Waals surface area contributed by atoms with Gasteiger partial charge in [0.2, 0.25) is 112 Å². The fraction of sp³-hybridized carbons (Fsp3) is 0.708. The molecular weight excluding hydrogens is 1920 g/mol. The number of hydrogen-bond acceptors (Lipinski definition) is 30. The van der Waals surface area contributed by atoms with E-state index in [1.165, 1.54) is 34.6 Å². The van der Waals surface area contributed by atoms with Gasteiger partial charge in [-0.25, -0.2) is 4.79 Å². The summed E-state index contributed by atoms with van der Waals surface area (Å²) in [5, 5.41) is 119. The Morgan fingerprint density at radius 1 is 0.255 bits per heavy atom. The Kier molecular flexibility index (Phi) is 47.0. The van der Waals surface area contributed by atoms with Crippen molar-refractivity contribution in [3.05, 3.63) is 0 Å². The Balaban J connectivity index is 1.04. The summed E-state index contributed by atoms with van der Waals surface area (Å²) in [4.78, 5) is 356. The Hall–Kier alpha value is -13.9. The van der Waals surface area contributed by atoms with Gasteiger partial charge in [-0.05, 0) is 190 Å². The quantitative estimate of drug-likeness (QED) is 0.0252. The van der Waals surface area contributed by atoms with Crippen LogP contribution < -0.4 is 80.6 Å². The van der Waals surface area contributed by atoms with E-state index in [0.29, 0.717) is 12.8 Å². The van der Waals surface area contributed by atoms with E-state index in [4.69, 9.17) is 16.6 Å². The van der Waals surface area contributed by atoms with Gasteiger partial charge in [-0.15, -0.1) is 0 Å². The summed E-state index contributed by atoms with van der Waals surface area (Å²) in [6.07, 6.45) is -9.44. The van der Waals surface area contributed by atoms with Gasteiger partial charge in [0.25, 0.3) is 0 Å². The zero-order valence-corrected chi connectivity index (χ0v) is 81.7. The van der Waals surface area contributed by atoms with Crippen LogP contribution in [-0.4, -0.2) is 408 Å². The number of hydrogen-bond donors (Lipinski definition) is 24. The number of rotatable bonds is 57. The molecular formula is C89H137N21O35. The molecule has 6 saturated heterocycles. The van der Waals surface area contributed by atoms with Crippen LogP contribution in [0.1, 0.15) is 222 Å². The maximum atomic E-state index is 14.6. The number of aliphatic hydroxyl groups is 2. The molecule has 6 aliphatic heterocycles. The zero-order valence-electron chi connectivity index (χ0n) is 81.7. The highest BCUT2D eigenvalue weighted by Crippen LogP contribution is 2.28. The first-order valence-corrected chi connectivity index (χ1v) is 48.3. The molecule has 0 unspecified atom stereocenters. The lowest BCUT2D eigenvalue weighted by Gasteiger charge is -2.31. The largest absolute Gasteiger partial charge is 0.481 e. The van der Waals surface area contributed by atoms with Gasteiger partial charge >= 0.3 is 41.8 Å². The smallest absolute Gasteiger partial charge is 0.326 e. The minimum absolute atomic E-state index is 0.00528. The van der Waals surface area contributed by atoms with Crippen molar-refractivity contribution >= 4 is 154 Å². The molecule has 0 radical (unpaired) electrons. The molecule has 0 aliphatic carbocycles. The molecule has 6 rings (SSSR count). The van der Waals surface area contributed by atoms with Crippen LogP contribution >= 0.6 is 0 Å². The van der Waals surface area contributed by atoms with Crippen molar-refractivity contribution in [2.24, 2.45) is 11.5 Å². The molecule has 0 aromatic rings. The van der Waals surface area contributed by atoms with Crippen LogP contribution in [0.3, 0.4) is 0 Å². The highest BCUT2D eigenvalue weighted by Gasteiger charge is 2.48. The van der Waals surface area contributed by atoms with Gasteiger partial charge in [0.15, 0.2) is 0 Å². The van der Waals surface area contributed by atoms with Gasteiger partial charge in [0, 0.05) is 77.8 Å². The maximum absolute atomic E-state index is 14.6. The number of amides is 19. The lowest BCUT2D eigenvalue weighted by atomic mass is 10.0. The summed E-state index contributed by atoms with van der Waals surface area (Å²) >= 11 is 0. The van der Waals surface area contributed by atoms with E-state index in [-0.39, 0.29) is 129 Å². The molecule has 0 bridgehead atoms. The second-order valence-corrected chi connectivity index (χ2v) is 36.9. The number of aliphatic hydroxyl groups excluding tert-OH is 2. The second-order valence-electron chi connectivity index (χ2n) is 36.9. The summed E-state index contributed by atoms with van der Waals surface area (Å²) in [5.74, 6) is -28.7. The highest BCUT2D eigenvalue weighted by atomic mass is 16.4. The Bertz CT molecular complexity index is 4770. The van der Waals surface area contributed by atoms with Crippen LogP contribution in [-0.2, 0) is 125 Å². The van der Waals surface area contributed by atoms with Crippen LogP contribution in [0.25, 0.3) is 0 Å². The molecule has 0 spiro atoms. The third-order valence-corrected chi connectivity index (χ3v) is 25.8. The summed E-state index contributed by atoms with van der Waals surface area (Å²) in [6, 6.07) is -30.5. The Morgan fingerprint density at radius 3 is 0.814 bits per heavy atom. The molecule has 22 atom stereocenters. The number of aliphatic carboxylic acids is 7. The molecule has 145 heavy (non-hydrogen) atoms. The average molecular weight is 2060 g/mol. The van der Waals surface area contributed by atoms with Gasteiger partial charge < -0.3 is 156 Å². The number of carboxylic acids is 7. The van der Waals surface area contributed by atoms with E-state index < -0.39 is 364 Å². The average Bonchev–Trinajstić information content (AvgIpc) is 1.64. The minimum atomic E-state index is -1.90. The van der Waals surface area contributed by atoms with Gasteiger partial charge in [0.05, 0.1) is 12.2 Å². The zero-order chi connectivity index (χ0) is 108. The van der Waals surface area contributed by atoms with E-state index in [1.54, 1.807) is 0 Å². The summed E-state index contributed by atoms with van der Waals surface area (Å²) in [7, 11) is 0. The molecule has 26 N–H and O–H groups in total. The van der Waals surface area contributed by atoms with Crippen molar-refractivity contribution in [2.75, 3.05) is 45.8 Å². The van der Waals surface area contributed by atoms with Crippen molar-refractivity contribution in [1.29, 1.82) is 0 Å². The van der Waals surface area contributed by atoms with Gasteiger partial charge in [-0.1, -0.05) is 0 Å². The van der Waals surface area contributed by atoms with Crippen molar-refractivity contribution in [1.82, 2.24) is 98.5 Å². The highest BCUT2D eigenvalue weighted by molar-refractivity contribution is 6.03. The predicted octanol–water partition coefficient (Wildman–Crippen LogP) is -9.17. The van der Waals surface area contributed by atoms with Crippen LogP contribution in [0.2, 0.25) is 0 Å². The molecule has 56 heteroatoms. The maximum Gasteiger partial charge on any atom is 0.326 e. The fourth-order valence-electron chi connectivity index (χ4n) is 17.8. The van der Waals surface area contributed by atoms with Crippen molar-refractivity contribution in [3.63, 3.8) is 0 Å². The molecule has 56 nitrogen and oxygen atoms in total. The van der Waals surface area contributed by atoms with Gasteiger partial charge in [-0.2, -0.15) is 0 Å². The Morgan fingerprint density at radius 2 is 0.490 bits per heavy atom. The third kappa shape index (κ3) is 35.5. The summed E-state index contributed by atoms with van der Waals surface area (Å²) < 4.78 is 0. The lowest BCUT2D eigenvalue weighted by molar-refractivity contribution is -0.146. The van der Waals surface area contributed by atoms with Crippen molar-refractivity contribution in [3.8, 4) is 0 Å². The van der Waals surface area contributed by atoms with Crippen LogP contribution in [0.4, 0.5) is 0 Å². The number of likely N-dealkylation sites (tertiary alicyclic amines) is 6. The molecule has 0 saturated carbocycles.